The van der Waals surface area contributed by atoms with Crippen LogP contribution in [0.5, 0.6) is 11.5 Å². The monoisotopic (exact) mass is 245 g/mol. The van der Waals surface area contributed by atoms with Crippen molar-refractivity contribution >= 4 is 5.91 Å². The molecule has 3 unspecified atom stereocenters. The maximum Gasteiger partial charge on any atom is 0.251 e. The Morgan fingerprint density at radius 3 is 2.39 bits per heavy atom. The van der Waals surface area contributed by atoms with E-state index in [-0.39, 0.29) is 23.4 Å². The van der Waals surface area contributed by atoms with Gasteiger partial charge in [-0.2, -0.15) is 0 Å². The zero-order valence-corrected chi connectivity index (χ0v) is 9.84. The first-order valence-corrected chi connectivity index (χ1v) is 6.14. The Balaban J connectivity index is 1.73. The van der Waals surface area contributed by atoms with Gasteiger partial charge in [-0.3, -0.25) is 4.79 Å². The van der Waals surface area contributed by atoms with Crippen LogP contribution in [0.1, 0.15) is 23.2 Å². The first kappa shape index (κ1) is 11.1. The highest BCUT2D eigenvalue weighted by molar-refractivity contribution is 5.95. The molecule has 94 valence electrons. The van der Waals surface area contributed by atoms with Gasteiger partial charge in [0.1, 0.15) is 11.5 Å². The standard InChI is InChI=1S/C14H15NO3/c16-11-5-10(6-12(17)7-11)14(18)15-13-4-8-1-2-9(13)3-8/h1-2,5-9,13,16-17H,3-4H2,(H,15,18). The second-order valence-corrected chi connectivity index (χ2v) is 5.10. The molecule has 2 bridgehead atoms. The van der Waals surface area contributed by atoms with Gasteiger partial charge in [0.2, 0.25) is 0 Å². The number of phenols is 2. The number of benzene rings is 1. The molecule has 3 N–H and O–H groups in total. The largest absolute Gasteiger partial charge is 0.508 e. The van der Waals surface area contributed by atoms with E-state index in [4.69, 9.17) is 0 Å². The number of carbonyl (C=O) groups is 1. The topological polar surface area (TPSA) is 69.6 Å². The number of fused-ring (bicyclic) bond motifs is 2. The zero-order chi connectivity index (χ0) is 12.7. The molecule has 2 aliphatic rings. The van der Waals surface area contributed by atoms with Gasteiger partial charge in [0, 0.05) is 17.7 Å². The maximum atomic E-state index is 12.0. The lowest BCUT2D eigenvalue weighted by Gasteiger charge is -2.19. The van der Waals surface area contributed by atoms with E-state index in [1.807, 2.05) is 0 Å². The molecule has 2 aliphatic carbocycles. The van der Waals surface area contributed by atoms with Crippen LogP contribution >= 0.6 is 0 Å². The summed E-state index contributed by atoms with van der Waals surface area (Å²) in [6, 6.07) is 4.10. The highest BCUT2D eigenvalue weighted by atomic mass is 16.3. The van der Waals surface area contributed by atoms with Crippen LogP contribution in [0.4, 0.5) is 0 Å². The van der Waals surface area contributed by atoms with Crippen LogP contribution in [0.25, 0.3) is 0 Å². The Labute approximate surface area is 105 Å². The molecule has 0 spiro atoms. The molecule has 0 radical (unpaired) electrons. The normalized spacial score (nSPS) is 28.6. The third-order valence-electron chi connectivity index (χ3n) is 3.76. The average Bonchev–Trinajstić information content (AvgIpc) is 2.89. The Bertz CT molecular complexity index is 504. The van der Waals surface area contributed by atoms with Gasteiger partial charge in [0.05, 0.1) is 0 Å². The lowest BCUT2D eigenvalue weighted by molar-refractivity contribution is 0.0930. The minimum atomic E-state index is -0.243. The van der Waals surface area contributed by atoms with Crippen LogP contribution in [0.15, 0.2) is 30.4 Å². The first-order chi connectivity index (χ1) is 8.61. The fourth-order valence-corrected chi connectivity index (χ4v) is 2.92. The third kappa shape index (κ3) is 1.94. The first-order valence-electron chi connectivity index (χ1n) is 6.14. The van der Waals surface area contributed by atoms with E-state index in [2.05, 4.69) is 17.5 Å². The van der Waals surface area contributed by atoms with E-state index in [0.717, 1.165) is 12.8 Å². The molecule has 18 heavy (non-hydrogen) atoms. The number of amides is 1. The molecule has 4 nitrogen and oxygen atoms in total. The highest BCUT2D eigenvalue weighted by Crippen LogP contribution is 2.39. The number of rotatable bonds is 2. The fourth-order valence-electron chi connectivity index (χ4n) is 2.92. The van der Waals surface area contributed by atoms with Gasteiger partial charge in [-0.1, -0.05) is 12.2 Å². The van der Waals surface area contributed by atoms with Crippen LogP contribution in [-0.2, 0) is 0 Å². The summed E-state index contributed by atoms with van der Waals surface area (Å²) >= 11 is 0. The van der Waals surface area contributed by atoms with E-state index < -0.39 is 0 Å². The van der Waals surface area contributed by atoms with Crippen LogP contribution in [0.2, 0.25) is 0 Å². The molecule has 1 amide bonds. The van der Waals surface area contributed by atoms with Crippen LogP contribution in [-0.4, -0.2) is 22.2 Å². The van der Waals surface area contributed by atoms with Crippen molar-refractivity contribution in [3.8, 4) is 11.5 Å². The molecule has 1 aromatic carbocycles. The minimum absolute atomic E-state index is 0.104. The molecule has 0 heterocycles. The van der Waals surface area contributed by atoms with Gasteiger partial charge >= 0.3 is 0 Å². The van der Waals surface area contributed by atoms with E-state index >= 15 is 0 Å². The average molecular weight is 245 g/mol. The highest BCUT2D eigenvalue weighted by Gasteiger charge is 2.36. The van der Waals surface area contributed by atoms with Crippen molar-refractivity contribution in [2.45, 2.75) is 18.9 Å². The SMILES string of the molecule is O=C(NC1CC2C=CC1C2)c1cc(O)cc(O)c1. The van der Waals surface area contributed by atoms with Gasteiger partial charge in [-0.25, -0.2) is 0 Å². The minimum Gasteiger partial charge on any atom is -0.508 e. The third-order valence-corrected chi connectivity index (χ3v) is 3.76. The summed E-state index contributed by atoms with van der Waals surface area (Å²) in [5.74, 6) is 0.580. The number of phenolic OH excluding ortho intramolecular Hbond substituents is 2. The van der Waals surface area contributed by atoms with Gasteiger partial charge in [-0.05, 0) is 36.8 Å². The Hall–Kier alpha value is -1.97. The molecule has 1 fully saturated rings. The molecule has 0 saturated heterocycles. The molecule has 1 aromatic rings. The molecule has 0 aromatic heterocycles. The van der Waals surface area contributed by atoms with Gasteiger partial charge in [0.15, 0.2) is 0 Å². The summed E-state index contributed by atoms with van der Waals surface area (Å²) in [5, 5.41) is 21.7. The number of nitrogens with one attached hydrogen (secondary N) is 1. The second-order valence-electron chi connectivity index (χ2n) is 5.10. The summed E-state index contributed by atoms with van der Waals surface area (Å²) in [5.41, 5.74) is 0.291. The molecule has 3 rings (SSSR count). The van der Waals surface area contributed by atoms with Crippen LogP contribution in [0.3, 0.4) is 0 Å². The van der Waals surface area contributed by atoms with Crippen molar-refractivity contribution in [1.29, 1.82) is 0 Å². The maximum absolute atomic E-state index is 12.0. The van der Waals surface area contributed by atoms with Crippen molar-refractivity contribution in [2.75, 3.05) is 0 Å². The Morgan fingerprint density at radius 1 is 1.11 bits per heavy atom. The number of carbonyl (C=O) groups excluding carboxylic acids is 1. The van der Waals surface area contributed by atoms with E-state index in [0.29, 0.717) is 17.4 Å². The second kappa shape index (κ2) is 4.05. The zero-order valence-electron chi connectivity index (χ0n) is 9.84. The van der Waals surface area contributed by atoms with Crippen molar-refractivity contribution in [3.05, 3.63) is 35.9 Å². The van der Waals surface area contributed by atoms with Crippen molar-refractivity contribution in [3.63, 3.8) is 0 Å². The Kier molecular flexibility index (Phi) is 2.51. The summed E-state index contributed by atoms with van der Waals surface area (Å²) in [4.78, 5) is 12.0. The van der Waals surface area contributed by atoms with Crippen LogP contribution in [0, 0.1) is 11.8 Å². The summed E-state index contributed by atoms with van der Waals surface area (Å²) in [6.07, 6.45) is 6.49. The fraction of sp³-hybridized carbons (Fsp3) is 0.357. The number of hydrogen-bond acceptors (Lipinski definition) is 3. The van der Waals surface area contributed by atoms with Gasteiger partial charge in [-0.15, -0.1) is 0 Å². The van der Waals surface area contributed by atoms with Crippen molar-refractivity contribution in [2.24, 2.45) is 11.8 Å². The predicted molar refractivity (Wildman–Crippen MR) is 66.4 cm³/mol. The molecule has 3 atom stereocenters. The summed E-state index contributed by atoms with van der Waals surface area (Å²) in [6.45, 7) is 0. The number of aromatic hydroxyl groups is 2. The smallest absolute Gasteiger partial charge is 0.251 e. The van der Waals surface area contributed by atoms with E-state index in [1.165, 1.54) is 18.2 Å². The van der Waals surface area contributed by atoms with Crippen molar-refractivity contribution in [1.82, 2.24) is 5.32 Å². The van der Waals surface area contributed by atoms with Gasteiger partial charge in [0.25, 0.3) is 5.91 Å². The quantitative estimate of drug-likeness (QED) is 0.696. The lowest BCUT2D eigenvalue weighted by atomic mass is 10.0. The number of hydrogen-bond donors (Lipinski definition) is 3. The molecule has 4 heteroatoms. The molecular formula is C14H15NO3. The molecule has 0 aliphatic heterocycles. The van der Waals surface area contributed by atoms with E-state index in [9.17, 15) is 15.0 Å². The van der Waals surface area contributed by atoms with Gasteiger partial charge < -0.3 is 15.5 Å². The predicted octanol–water partition coefficient (Wildman–Crippen LogP) is 1.79. The summed E-state index contributed by atoms with van der Waals surface area (Å²) < 4.78 is 0. The number of allylic oxidation sites excluding steroid dienone is 1. The molecular weight excluding hydrogens is 230 g/mol. The van der Waals surface area contributed by atoms with Crippen LogP contribution < -0.4 is 5.32 Å². The molecule has 1 saturated carbocycles. The summed E-state index contributed by atoms with van der Waals surface area (Å²) in [7, 11) is 0. The van der Waals surface area contributed by atoms with Crippen molar-refractivity contribution < 1.29 is 15.0 Å². The van der Waals surface area contributed by atoms with E-state index in [1.54, 1.807) is 0 Å². The lowest BCUT2D eigenvalue weighted by Crippen LogP contribution is -2.37. The Morgan fingerprint density at radius 2 is 1.83 bits per heavy atom.